The van der Waals surface area contributed by atoms with Crippen molar-refractivity contribution in [3.63, 3.8) is 0 Å². The number of aromatic nitrogens is 1. The first-order chi connectivity index (χ1) is 6.24. The SMILES string of the molecule is CCN(C)NC(=O)c1ccncc1. The van der Waals surface area contributed by atoms with Crippen molar-refractivity contribution in [1.82, 2.24) is 15.4 Å². The van der Waals surface area contributed by atoms with Crippen LogP contribution in [0.15, 0.2) is 24.5 Å². The first kappa shape index (κ1) is 9.67. The molecule has 0 aliphatic rings. The molecule has 13 heavy (non-hydrogen) atoms. The minimum atomic E-state index is -0.105. The summed E-state index contributed by atoms with van der Waals surface area (Å²) in [6.07, 6.45) is 3.20. The van der Waals surface area contributed by atoms with Gasteiger partial charge >= 0.3 is 0 Å². The van der Waals surface area contributed by atoms with Gasteiger partial charge in [0.1, 0.15) is 0 Å². The number of hydrazine groups is 1. The summed E-state index contributed by atoms with van der Waals surface area (Å²) in [4.78, 5) is 15.3. The van der Waals surface area contributed by atoms with E-state index in [2.05, 4.69) is 10.4 Å². The maximum Gasteiger partial charge on any atom is 0.265 e. The Morgan fingerprint density at radius 1 is 1.54 bits per heavy atom. The van der Waals surface area contributed by atoms with Gasteiger partial charge in [0.15, 0.2) is 0 Å². The van der Waals surface area contributed by atoms with Crippen LogP contribution in [0.5, 0.6) is 0 Å². The van der Waals surface area contributed by atoms with Crippen molar-refractivity contribution >= 4 is 5.91 Å². The monoisotopic (exact) mass is 179 g/mol. The predicted molar refractivity (Wildman–Crippen MR) is 50.0 cm³/mol. The number of nitrogens with zero attached hydrogens (tertiary/aromatic N) is 2. The van der Waals surface area contributed by atoms with Crippen LogP contribution in [0.25, 0.3) is 0 Å². The Morgan fingerprint density at radius 3 is 2.69 bits per heavy atom. The molecule has 0 fully saturated rings. The van der Waals surface area contributed by atoms with Crippen LogP contribution in [0.2, 0.25) is 0 Å². The number of carbonyl (C=O) groups is 1. The van der Waals surface area contributed by atoms with E-state index in [0.717, 1.165) is 6.54 Å². The predicted octanol–water partition coefficient (Wildman–Crippen LogP) is 0.678. The molecule has 0 saturated heterocycles. The van der Waals surface area contributed by atoms with Crippen molar-refractivity contribution in [2.24, 2.45) is 0 Å². The van der Waals surface area contributed by atoms with Crippen LogP contribution in [-0.2, 0) is 0 Å². The molecule has 0 atom stereocenters. The van der Waals surface area contributed by atoms with Crippen molar-refractivity contribution in [1.29, 1.82) is 0 Å². The summed E-state index contributed by atoms with van der Waals surface area (Å²) in [6.45, 7) is 2.74. The Kier molecular flexibility index (Phi) is 3.40. The largest absolute Gasteiger partial charge is 0.285 e. The summed E-state index contributed by atoms with van der Waals surface area (Å²) in [5.41, 5.74) is 3.33. The van der Waals surface area contributed by atoms with Gasteiger partial charge in [-0.1, -0.05) is 6.92 Å². The summed E-state index contributed by atoms with van der Waals surface area (Å²) < 4.78 is 0. The fraction of sp³-hybridized carbons (Fsp3) is 0.333. The fourth-order valence-electron chi connectivity index (χ4n) is 0.820. The Labute approximate surface area is 77.6 Å². The summed E-state index contributed by atoms with van der Waals surface area (Å²) in [5, 5.41) is 1.72. The van der Waals surface area contributed by atoms with E-state index in [-0.39, 0.29) is 5.91 Å². The second-order valence-corrected chi connectivity index (χ2v) is 2.69. The Morgan fingerprint density at radius 2 is 2.15 bits per heavy atom. The Hall–Kier alpha value is -1.42. The van der Waals surface area contributed by atoms with Crippen LogP contribution < -0.4 is 5.43 Å². The van der Waals surface area contributed by atoms with E-state index in [1.807, 2.05) is 14.0 Å². The lowest BCUT2D eigenvalue weighted by Crippen LogP contribution is -2.38. The Bertz CT molecular complexity index is 273. The van der Waals surface area contributed by atoms with E-state index in [0.29, 0.717) is 5.56 Å². The molecular formula is C9H13N3O. The molecule has 0 saturated carbocycles. The van der Waals surface area contributed by atoms with Crippen LogP contribution >= 0.6 is 0 Å². The minimum Gasteiger partial charge on any atom is -0.285 e. The zero-order valence-corrected chi connectivity index (χ0v) is 7.82. The topological polar surface area (TPSA) is 45.2 Å². The van der Waals surface area contributed by atoms with E-state index in [1.54, 1.807) is 29.5 Å². The highest BCUT2D eigenvalue weighted by Crippen LogP contribution is 1.95. The average molecular weight is 179 g/mol. The molecule has 70 valence electrons. The molecule has 4 nitrogen and oxygen atoms in total. The summed E-state index contributed by atoms with van der Waals surface area (Å²) in [5.74, 6) is -0.105. The number of pyridine rings is 1. The van der Waals surface area contributed by atoms with Crippen molar-refractivity contribution in [3.05, 3.63) is 30.1 Å². The van der Waals surface area contributed by atoms with Gasteiger partial charge in [0, 0.05) is 31.5 Å². The molecule has 0 unspecified atom stereocenters. The maximum atomic E-state index is 11.4. The minimum absolute atomic E-state index is 0.105. The highest BCUT2D eigenvalue weighted by Gasteiger charge is 2.05. The lowest BCUT2D eigenvalue weighted by Gasteiger charge is -2.14. The molecule has 1 heterocycles. The molecule has 0 spiro atoms. The third-order valence-corrected chi connectivity index (χ3v) is 1.71. The molecule has 0 radical (unpaired) electrons. The van der Waals surface area contributed by atoms with Gasteiger partial charge in [-0.2, -0.15) is 0 Å². The smallest absolute Gasteiger partial charge is 0.265 e. The van der Waals surface area contributed by atoms with Gasteiger partial charge in [-0.15, -0.1) is 0 Å². The lowest BCUT2D eigenvalue weighted by molar-refractivity contribution is 0.0835. The zero-order chi connectivity index (χ0) is 9.68. The number of hydrogen-bond acceptors (Lipinski definition) is 3. The Balaban J connectivity index is 2.59. The van der Waals surface area contributed by atoms with Gasteiger partial charge in [0.05, 0.1) is 0 Å². The molecule has 4 heteroatoms. The van der Waals surface area contributed by atoms with Crippen molar-refractivity contribution in [2.75, 3.05) is 13.6 Å². The molecule has 1 aromatic rings. The normalized spacial score (nSPS) is 10.1. The highest BCUT2D eigenvalue weighted by molar-refractivity contribution is 5.93. The number of hydrogen-bond donors (Lipinski definition) is 1. The number of carbonyl (C=O) groups excluding carboxylic acids is 1. The van der Waals surface area contributed by atoms with E-state index in [4.69, 9.17) is 0 Å². The molecule has 0 bridgehead atoms. The number of amides is 1. The molecule has 0 aliphatic heterocycles. The van der Waals surface area contributed by atoms with Gasteiger partial charge in [-0.25, -0.2) is 5.01 Å². The van der Waals surface area contributed by atoms with Crippen LogP contribution in [-0.4, -0.2) is 29.5 Å². The molecular weight excluding hydrogens is 166 g/mol. The molecule has 0 aliphatic carbocycles. The molecule has 0 aromatic carbocycles. The van der Waals surface area contributed by atoms with Crippen LogP contribution in [0.1, 0.15) is 17.3 Å². The second kappa shape index (κ2) is 4.57. The number of rotatable bonds is 3. The van der Waals surface area contributed by atoms with Crippen molar-refractivity contribution in [2.45, 2.75) is 6.92 Å². The third-order valence-electron chi connectivity index (χ3n) is 1.71. The van der Waals surface area contributed by atoms with Gasteiger partial charge < -0.3 is 0 Å². The summed E-state index contributed by atoms with van der Waals surface area (Å²) in [7, 11) is 1.82. The van der Waals surface area contributed by atoms with Gasteiger partial charge in [-0.3, -0.25) is 15.2 Å². The maximum absolute atomic E-state index is 11.4. The summed E-state index contributed by atoms with van der Waals surface area (Å²) in [6, 6.07) is 3.36. The standard InChI is InChI=1S/C9H13N3O/c1-3-12(2)11-9(13)8-4-6-10-7-5-8/h4-7H,3H2,1-2H3,(H,11,13). The zero-order valence-electron chi connectivity index (χ0n) is 7.82. The molecule has 1 N–H and O–H groups in total. The molecule has 1 amide bonds. The second-order valence-electron chi connectivity index (χ2n) is 2.69. The van der Waals surface area contributed by atoms with Crippen molar-refractivity contribution < 1.29 is 4.79 Å². The first-order valence-corrected chi connectivity index (χ1v) is 4.16. The van der Waals surface area contributed by atoms with E-state index < -0.39 is 0 Å². The number of nitrogens with one attached hydrogen (secondary N) is 1. The third kappa shape index (κ3) is 2.83. The van der Waals surface area contributed by atoms with Crippen molar-refractivity contribution in [3.8, 4) is 0 Å². The van der Waals surface area contributed by atoms with E-state index in [9.17, 15) is 4.79 Å². The average Bonchev–Trinajstić information content (AvgIpc) is 2.19. The quantitative estimate of drug-likeness (QED) is 0.694. The highest BCUT2D eigenvalue weighted by atomic mass is 16.2. The van der Waals surface area contributed by atoms with Crippen LogP contribution in [0.3, 0.4) is 0 Å². The van der Waals surface area contributed by atoms with Gasteiger partial charge in [0.25, 0.3) is 5.91 Å². The van der Waals surface area contributed by atoms with Crippen LogP contribution in [0.4, 0.5) is 0 Å². The van der Waals surface area contributed by atoms with Crippen LogP contribution in [0, 0.1) is 0 Å². The molecule has 1 rings (SSSR count). The fourth-order valence-corrected chi connectivity index (χ4v) is 0.820. The lowest BCUT2D eigenvalue weighted by atomic mass is 10.3. The summed E-state index contributed by atoms with van der Waals surface area (Å²) >= 11 is 0. The van der Waals surface area contributed by atoms with E-state index in [1.165, 1.54) is 0 Å². The van der Waals surface area contributed by atoms with Gasteiger partial charge in [-0.05, 0) is 12.1 Å². The van der Waals surface area contributed by atoms with Gasteiger partial charge in [0.2, 0.25) is 0 Å². The van der Waals surface area contributed by atoms with E-state index >= 15 is 0 Å². The first-order valence-electron chi connectivity index (χ1n) is 4.16. The molecule has 1 aromatic heterocycles.